The zero-order valence-corrected chi connectivity index (χ0v) is 13.6. The van der Waals surface area contributed by atoms with Crippen LogP contribution in [0.15, 0.2) is 4.47 Å². The number of alkyl halides is 1. The zero-order chi connectivity index (χ0) is 13.3. The molecule has 18 heavy (non-hydrogen) atoms. The molecule has 1 aromatic rings. The number of likely N-dealkylation sites (tertiary alicyclic amines) is 1. The predicted molar refractivity (Wildman–Crippen MR) is 79.0 cm³/mol. The Labute approximate surface area is 123 Å². The Morgan fingerprint density at radius 3 is 2.78 bits per heavy atom. The van der Waals surface area contributed by atoms with Gasteiger partial charge in [-0.3, -0.25) is 9.58 Å². The third kappa shape index (κ3) is 2.61. The standard InChI is InChI=1S/C13H21BrClN3/c1-4-10-13(14)12(17(3)16-10)8-18-6-5-9(2)11(18)7-15/h9,11H,4-8H2,1-3H3. The van der Waals surface area contributed by atoms with E-state index < -0.39 is 0 Å². The van der Waals surface area contributed by atoms with Crippen LogP contribution in [0.3, 0.4) is 0 Å². The molecule has 0 aliphatic carbocycles. The molecule has 1 aliphatic rings. The summed E-state index contributed by atoms with van der Waals surface area (Å²) in [6.45, 7) is 6.50. The van der Waals surface area contributed by atoms with Crippen molar-refractivity contribution < 1.29 is 0 Å². The fourth-order valence-corrected chi connectivity index (χ4v) is 3.96. The van der Waals surface area contributed by atoms with E-state index in [2.05, 4.69) is 39.8 Å². The highest BCUT2D eigenvalue weighted by Gasteiger charge is 2.31. The Morgan fingerprint density at radius 1 is 1.50 bits per heavy atom. The van der Waals surface area contributed by atoms with Crippen molar-refractivity contribution >= 4 is 27.5 Å². The smallest absolute Gasteiger partial charge is 0.0767 e. The third-order valence-corrected chi connectivity index (χ3v) is 5.24. The molecule has 0 amide bonds. The van der Waals surface area contributed by atoms with Gasteiger partial charge in [0.1, 0.15) is 0 Å². The van der Waals surface area contributed by atoms with E-state index >= 15 is 0 Å². The lowest BCUT2D eigenvalue weighted by molar-refractivity contribution is 0.235. The molecule has 0 N–H and O–H groups in total. The van der Waals surface area contributed by atoms with E-state index in [1.165, 1.54) is 16.6 Å². The highest BCUT2D eigenvalue weighted by atomic mass is 79.9. The molecule has 2 rings (SSSR count). The average Bonchev–Trinajstić information content (AvgIpc) is 2.84. The van der Waals surface area contributed by atoms with Crippen molar-refractivity contribution in [3.8, 4) is 0 Å². The van der Waals surface area contributed by atoms with Gasteiger partial charge in [-0.25, -0.2) is 0 Å². The Hall–Kier alpha value is -0.0600. The summed E-state index contributed by atoms with van der Waals surface area (Å²) in [6.07, 6.45) is 2.21. The van der Waals surface area contributed by atoms with Crippen LogP contribution in [-0.4, -0.2) is 33.1 Å². The maximum absolute atomic E-state index is 6.10. The number of rotatable bonds is 4. The van der Waals surface area contributed by atoms with Gasteiger partial charge >= 0.3 is 0 Å². The molecule has 1 fully saturated rings. The lowest BCUT2D eigenvalue weighted by atomic mass is 10.1. The van der Waals surface area contributed by atoms with Crippen LogP contribution in [0.25, 0.3) is 0 Å². The minimum Gasteiger partial charge on any atom is -0.293 e. The van der Waals surface area contributed by atoms with E-state index in [4.69, 9.17) is 11.6 Å². The minimum absolute atomic E-state index is 0.499. The first-order valence-corrected chi connectivity index (χ1v) is 7.91. The number of hydrogen-bond acceptors (Lipinski definition) is 2. The number of aromatic nitrogens is 2. The maximum atomic E-state index is 6.10. The van der Waals surface area contributed by atoms with Crippen molar-refractivity contribution in [2.75, 3.05) is 12.4 Å². The van der Waals surface area contributed by atoms with Gasteiger partial charge in [0.2, 0.25) is 0 Å². The summed E-state index contributed by atoms with van der Waals surface area (Å²) in [5, 5.41) is 4.55. The Balaban J connectivity index is 2.17. The summed E-state index contributed by atoms with van der Waals surface area (Å²) in [5.41, 5.74) is 2.40. The fraction of sp³-hybridized carbons (Fsp3) is 0.769. The average molecular weight is 335 g/mol. The fourth-order valence-electron chi connectivity index (χ4n) is 2.72. The van der Waals surface area contributed by atoms with Crippen molar-refractivity contribution in [3.63, 3.8) is 0 Å². The summed E-state index contributed by atoms with van der Waals surface area (Å²) in [5.74, 6) is 1.41. The topological polar surface area (TPSA) is 21.1 Å². The quantitative estimate of drug-likeness (QED) is 0.789. The summed E-state index contributed by atoms with van der Waals surface area (Å²) in [7, 11) is 2.02. The second-order valence-corrected chi connectivity index (χ2v) is 6.24. The van der Waals surface area contributed by atoms with Gasteiger partial charge < -0.3 is 0 Å². The van der Waals surface area contributed by atoms with Gasteiger partial charge in [-0.2, -0.15) is 5.10 Å². The lowest BCUT2D eigenvalue weighted by Crippen LogP contribution is -2.33. The van der Waals surface area contributed by atoms with E-state index in [9.17, 15) is 0 Å². The van der Waals surface area contributed by atoms with E-state index in [1.807, 2.05) is 11.7 Å². The van der Waals surface area contributed by atoms with Crippen molar-refractivity contribution in [1.82, 2.24) is 14.7 Å². The Bertz CT molecular complexity index is 419. The van der Waals surface area contributed by atoms with Gasteiger partial charge in [0, 0.05) is 25.5 Å². The molecular weight excluding hydrogens is 314 g/mol. The molecule has 1 aromatic heterocycles. The molecule has 5 heteroatoms. The molecule has 0 spiro atoms. The van der Waals surface area contributed by atoms with Gasteiger partial charge in [0.25, 0.3) is 0 Å². The highest BCUT2D eigenvalue weighted by molar-refractivity contribution is 9.10. The molecule has 3 nitrogen and oxygen atoms in total. The van der Waals surface area contributed by atoms with Gasteiger partial charge in [-0.1, -0.05) is 13.8 Å². The molecule has 1 aliphatic heterocycles. The first-order valence-electron chi connectivity index (χ1n) is 6.58. The first-order chi connectivity index (χ1) is 8.58. The second-order valence-electron chi connectivity index (χ2n) is 5.14. The van der Waals surface area contributed by atoms with E-state index in [-0.39, 0.29) is 0 Å². The van der Waals surface area contributed by atoms with Crippen LogP contribution < -0.4 is 0 Å². The van der Waals surface area contributed by atoms with Gasteiger partial charge in [-0.15, -0.1) is 11.6 Å². The van der Waals surface area contributed by atoms with Gasteiger partial charge in [0.15, 0.2) is 0 Å². The van der Waals surface area contributed by atoms with E-state index in [0.717, 1.165) is 31.1 Å². The largest absolute Gasteiger partial charge is 0.293 e. The minimum atomic E-state index is 0.499. The predicted octanol–water partition coefficient (Wildman–Crippen LogP) is 3.19. The van der Waals surface area contributed by atoms with E-state index in [0.29, 0.717) is 12.0 Å². The lowest BCUT2D eigenvalue weighted by Gasteiger charge is -2.25. The number of halogens is 2. The van der Waals surface area contributed by atoms with Crippen LogP contribution in [0.1, 0.15) is 31.7 Å². The molecule has 0 bridgehead atoms. The summed E-state index contributed by atoms with van der Waals surface area (Å²) < 4.78 is 3.16. The maximum Gasteiger partial charge on any atom is 0.0767 e. The molecule has 0 radical (unpaired) electrons. The normalized spacial score (nSPS) is 24.9. The SMILES string of the molecule is CCc1nn(C)c(CN2CCC(C)C2CCl)c1Br. The van der Waals surface area contributed by atoms with Crippen LogP contribution in [0.4, 0.5) is 0 Å². The van der Waals surface area contributed by atoms with Crippen LogP contribution in [0, 0.1) is 5.92 Å². The monoisotopic (exact) mass is 333 g/mol. The second kappa shape index (κ2) is 5.93. The van der Waals surface area contributed by atoms with Crippen LogP contribution in [0.2, 0.25) is 0 Å². The summed E-state index contributed by atoms with van der Waals surface area (Å²) in [6, 6.07) is 0.499. The molecule has 102 valence electrons. The molecule has 0 aromatic carbocycles. The van der Waals surface area contributed by atoms with Crippen molar-refractivity contribution in [3.05, 3.63) is 15.9 Å². The Morgan fingerprint density at radius 2 is 2.22 bits per heavy atom. The number of hydrogen-bond donors (Lipinski definition) is 0. The summed E-state index contributed by atoms with van der Waals surface area (Å²) in [4.78, 5) is 2.48. The number of nitrogens with zero attached hydrogens (tertiary/aromatic N) is 3. The number of aryl methyl sites for hydroxylation is 2. The molecule has 2 heterocycles. The van der Waals surface area contributed by atoms with Gasteiger partial charge in [0.05, 0.1) is 15.9 Å². The van der Waals surface area contributed by atoms with Crippen molar-refractivity contribution in [2.24, 2.45) is 13.0 Å². The zero-order valence-electron chi connectivity index (χ0n) is 11.3. The van der Waals surface area contributed by atoms with E-state index in [1.54, 1.807) is 0 Å². The molecule has 2 atom stereocenters. The van der Waals surface area contributed by atoms with Crippen LogP contribution in [-0.2, 0) is 20.0 Å². The van der Waals surface area contributed by atoms with Crippen molar-refractivity contribution in [1.29, 1.82) is 0 Å². The van der Waals surface area contributed by atoms with Gasteiger partial charge in [-0.05, 0) is 41.2 Å². The third-order valence-electron chi connectivity index (χ3n) is 4.01. The molecule has 2 unspecified atom stereocenters. The van der Waals surface area contributed by atoms with Crippen LogP contribution in [0.5, 0.6) is 0 Å². The first kappa shape index (κ1) is 14.4. The highest BCUT2D eigenvalue weighted by Crippen LogP contribution is 2.29. The van der Waals surface area contributed by atoms with Crippen molar-refractivity contribution in [2.45, 2.75) is 39.3 Å². The molecule has 1 saturated heterocycles. The Kier molecular flexibility index (Phi) is 4.73. The molecular formula is C13H21BrClN3. The molecule has 0 saturated carbocycles. The summed E-state index contributed by atoms with van der Waals surface area (Å²) >= 11 is 9.78. The van der Waals surface area contributed by atoms with Crippen LogP contribution >= 0.6 is 27.5 Å².